The Bertz CT molecular complexity index is 1020. The van der Waals surface area contributed by atoms with Crippen LogP contribution in [-0.2, 0) is 17.6 Å². The number of aliphatic hydroxyl groups is 2. The third kappa shape index (κ3) is 11.2. The molecule has 0 aliphatic heterocycles. The fraction of sp³-hybridized carbons (Fsp3) is 0.533. The lowest BCUT2D eigenvalue weighted by Crippen LogP contribution is -2.62. The molecule has 0 aliphatic carbocycles. The van der Waals surface area contributed by atoms with Crippen molar-refractivity contribution in [1.29, 1.82) is 0 Å². The number of hydrogen-bond donors (Lipinski definition) is 4. The summed E-state index contributed by atoms with van der Waals surface area (Å²) in [5.74, 6) is 0. The van der Waals surface area contributed by atoms with Crippen LogP contribution in [0.3, 0.4) is 0 Å². The molecule has 9 heteroatoms. The van der Waals surface area contributed by atoms with E-state index in [0.29, 0.717) is 6.42 Å². The topological polar surface area (TPSA) is 134 Å². The first kappa shape index (κ1) is 32.1. The molecule has 0 fully saturated rings. The van der Waals surface area contributed by atoms with Crippen molar-refractivity contribution in [3.63, 3.8) is 0 Å². The summed E-state index contributed by atoms with van der Waals surface area (Å²) in [6, 6.07) is 17.5. The van der Waals surface area contributed by atoms with Gasteiger partial charge < -0.3 is 40.4 Å². The Labute approximate surface area is 232 Å². The molecule has 4 atom stereocenters. The van der Waals surface area contributed by atoms with Crippen molar-refractivity contribution in [3.05, 3.63) is 71.8 Å². The fourth-order valence-electron chi connectivity index (χ4n) is 4.43. The Kier molecular flexibility index (Phi) is 11.8. The van der Waals surface area contributed by atoms with E-state index >= 15 is 0 Å². The lowest BCUT2D eigenvalue weighted by Gasteiger charge is -2.46. The number of carboxylic acid groups (broad SMARTS) is 1. The molecular formula is C30H44N3O6-. The van der Waals surface area contributed by atoms with Gasteiger partial charge in [0.05, 0.1) is 18.2 Å². The molecule has 39 heavy (non-hydrogen) atoms. The number of nitrogens with zero attached hydrogens (tertiary/aromatic N) is 1. The third-order valence-electron chi connectivity index (χ3n) is 6.19. The van der Waals surface area contributed by atoms with Gasteiger partial charge in [0.25, 0.3) is 0 Å². The van der Waals surface area contributed by atoms with Crippen LogP contribution in [0.1, 0.15) is 52.7 Å². The Hall–Kier alpha value is -3.14. The van der Waals surface area contributed by atoms with Gasteiger partial charge in [0, 0.05) is 24.7 Å². The van der Waals surface area contributed by atoms with Crippen LogP contribution in [0.15, 0.2) is 60.7 Å². The normalized spacial score (nSPS) is 15.1. The lowest BCUT2D eigenvalue weighted by molar-refractivity contribution is -0.275. The molecule has 0 heterocycles. The smallest absolute Gasteiger partial charge is 0.407 e. The summed E-state index contributed by atoms with van der Waals surface area (Å²) in [4.78, 5) is 25.5. The molecule has 0 bridgehead atoms. The highest BCUT2D eigenvalue weighted by atomic mass is 16.6. The van der Waals surface area contributed by atoms with Crippen LogP contribution in [0.4, 0.5) is 9.59 Å². The van der Waals surface area contributed by atoms with Gasteiger partial charge in [0.15, 0.2) is 0 Å². The van der Waals surface area contributed by atoms with Crippen LogP contribution in [0.2, 0.25) is 0 Å². The third-order valence-corrected chi connectivity index (χ3v) is 6.19. The van der Waals surface area contributed by atoms with Crippen LogP contribution in [0, 0.1) is 0 Å². The predicted molar refractivity (Wildman–Crippen MR) is 149 cm³/mol. The zero-order chi connectivity index (χ0) is 29.2. The van der Waals surface area contributed by atoms with Crippen LogP contribution in [0.25, 0.3) is 0 Å². The van der Waals surface area contributed by atoms with Gasteiger partial charge in [-0.25, -0.2) is 4.79 Å². The minimum atomic E-state index is -1.37. The summed E-state index contributed by atoms with van der Waals surface area (Å²) in [5, 5.41) is 40.4. The van der Waals surface area contributed by atoms with Crippen molar-refractivity contribution >= 4 is 12.2 Å². The van der Waals surface area contributed by atoms with E-state index in [1.165, 1.54) is 4.90 Å². The first-order valence-electron chi connectivity index (χ1n) is 13.3. The molecule has 4 N–H and O–H groups in total. The van der Waals surface area contributed by atoms with Crippen LogP contribution >= 0.6 is 0 Å². The molecule has 2 aromatic rings. The number of benzene rings is 2. The number of carbonyl (C=O) groups excluding carboxylic acids is 2. The van der Waals surface area contributed by atoms with Gasteiger partial charge in [0.2, 0.25) is 0 Å². The van der Waals surface area contributed by atoms with Gasteiger partial charge in [-0.1, -0.05) is 60.7 Å². The summed E-state index contributed by atoms with van der Waals surface area (Å²) in [7, 11) is 0. The second-order valence-corrected chi connectivity index (χ2v) is 11.8. The van der Waals surface area contributed by atoms with Crippen LogP contribution in [-0.4, -0.2) is 75.8 Å². The molecule has 0 aliphatic rings. The Morgan fingerprint density at radius 2 is 1.36 bits per heavy atom. The van der Waals surface area contributed by atoms with Crippen LogP contribution < -0.4 is 15.7 Å². The number of alkyl carbamates (subject to hydrolysis) is 1. The number of ether oxygens (including phenoxy) is 1. The number of carbonyl (C=O) groups is 2. The molecule has 0 spiro atoms. The van der Waals surface area contributed by atoms with E-state index in [9.17, 15) is 24.9 Å². The number of amides is 2. The number of nitrogens with one attached hydrogen (secondary N) is 2. The maximum absolute atomic E-state index is 12.2. The molecule has 216 valence electrons. The molecule has 0 saturated heterocycles. The molecule has 1 unspecified atom stereocenters. The van der Waals surface area contributed by atoms with Crippen molar-refractivity contribution < 1.29 is 29.6 Å². The number of aliphatic hydroxyl groups excluding tert-OH is 2. The van der Waals surface area contributed by atoms with E-state index in [0.717, 1.165) is 11.1 Å². The highest BCUT2D eigenvalue weighted by Crippen LogP contribution is 2.22. The zero-order valence-electron chi connectivity index (χ0n) is 23.9. The molecule has 0 aromatic heterocycles. The maximum atomic E-state index is 12.2. The van der Waals surface area contributed by atoms with Gasteiger partial charge in [-0.05, 0) is 65.5 Å². The highest BCUT2D eigenvalue weighted by molar-refractivity contribution is 5.67. The van der Waals surface area contributed by atoms with Crippen LogP contribution in [0.5, 0.6) is 0 Å². The van der Waals surface area contributed by atoms with Gasteiger partial charge >= 0.3 is 6.09 Å². The molecule has 0 saturated carbocycles. The maximum Gasteiger partial charge on any atom is 0.407 e. The largest absolute Gasteiger partial charge is 0.530 e. The fourth-order valence-corrected chi connectivity index (χ4v) is 4.43. The second kappa shape index (κ2) is 14.3. The molecule has 2 rings (SSSR count). The molecule has 2 amide bonds. The summed E-state index contributed by atoms with van der Waals surface area (Å²) in [5.41, 5.74) is 0.332. The molecular weight excluding hydrogens is 498 g/mol. The standard InChI is InChI=1S/C30H45N3O6/c1-29(2,3)33(28(37)38)24(18-22-15-11-8-12-16-22)26(35)20-31-23(17-21-13-9-7-10-14-21)25(34)19-32-27(36)39-30(4,5)6/h7-16,23-26,31,34-35H,17-20H2,1-6H3,(H,32,36)(H,37,38)/p-1/t23-,24-,25?,26+/m0/s1. The minimum absolute atomic E-state index is 0.00163. The van der Waals surface area contributed by atoms with Crippen molar-refractivity contribution in [1.82, 2.24) is 15.5 Å². The number of rotatable bonds is 12. The van der Waals surface area contributed by atoms with Gasteiger partial charge in [-0.2, -0.15) is 0 Å². The second-order valence-electron chi connectivity index (χ2n) is 11.8. The Balaban J connectivity index is 2.21. The van der Waals surface area contributed by atoms with Crippen molar-refractivity contribution in [2.75, 3.05) is 13.1 Å². The van der Waals surface area contributed by atoms with E-state index in [-0.39, 0.29) is 19.5 Å². The van der Waals surface area contributed by atoms with E-state index < -0.39 is 47.6 Å². The van der Waals surface area contributed by atoms with Gasteiger partial charge in [-0.15, -0.1) is 0 Å². The van der Waals surface area contributed by atoms with E-state index in [4.69, 9.17) is 4.74 Å². The summed E-state index contributed by atoms with van der Waals surface area (Å²) in [6.07, 6.45) is -3.45. The Morgan fingerprint density at radius 3 is 1.82 bits per heavy atom. The Morgan fingerprint density at radius 1 is 0.846 bits per heavy atom. The first-order valence-corrected chi connectivity index (χ1v) is 13.3. The highest BCUT2D eigenvalue weighted by Gasteiger charge is 2.34. The SMILES string of the molecule is CC(C)(C)OC(=O)NCC(O)[C@H](Cc1ccccc1)NC[C@@H](O)[C@H](Cc1ccccc1)N(C(=O)[O-])C(C)(C)C. The van der Waals surface area contributed by atoms with E-state index in [2.05, 4.69) is 10.6 Å². The molecule has 2 aromatic carbocycles. The number of hydrogen-bond acceptors (Lipinski definition) is 7. The van der Waals surface area contributed by atoms with Crippen molar-refractivity contribution in [2.24, 2.45) is 0 Å². The summed E-state index contributed by atoms with van der Waals surface area (Å²) < 4.78 is 5.26. The van der Waals surface area contributed by atoms with Crippen molar-refractivity contribution in [2.45, 2.75) is 89.8 Å². The molecule has 0 radical (unpaired) electrons. The van der Waals surface area contributed by atoms with E-state index in [1.54, 1.807) is 41.5 Å². The van der Waals surface area contributed by atoms with Crippen molar-refractivity contribution in [3.8, 4) is 0 Å². The zero-order valence-corrected chi connectivity index (χ0v) is 23.9. The summed E-state index contributed by atoms with van der Waals surface area (Å²) in [6.45, 7) is 10.5. The predicted octanol–water partition coefficient (Wildman–Crippen LogP) is 2.49. The lowest BCUT2D eigenvalue weighted by atomic mass is 9.94. The quantitative estimate of drug-likeness (QED) is 0.324. The average Bonchev–Trinajstić information content (AvgIpc) is 2.83. The summed E-state index contributed by atoms with van der Waals surface area (Å²) >= 11 is 0. The monoisotopic (exact) mass is 542 g/mol. The first-order chi connectivity index (χ1) is 18.2. The molecule has 9 nitrogen and oxygen atoms in total. The van der Waals surface area contributed by atoms with Gasteiger partial charge in [0.1, 0.15) is 11.7 Å². The minimum Gasteiger partial charge on any atom is -0.530 e. The van der Waals surface area contributed by atoms with Gasteiger partial charge in [-0.3, -0.25) is 0 Å². The van der Waals surface area contributed by atoms with E-state index in [1.807, 2.05) is 60.7 Å². The average molecular weight is 543 g/mol.